The van der Waals surface area contributed by atoms with E-state index in [1.165, 1.54) is 0 Å². The Balaban J connectivity index is 1.90. The van der Waals surface area contributed by atoms with Gasteiger partial charge in [-0.3, -0.25) is 4.79 Å². The molecule has 1 aromatic rings. The second kappa shape index (κ2) is 5.83. The Morgan fingerprint density at radius 1 is 1.40 bits per heavy atom. The molecule has 110 valence electrons. The van der Waals surface area contributed by atoms with Crippen LogP contribution in [0, 0.1) is 0 Å². The summed E-state index contributed by atoms with van der Waals surface area (Å²) in [5.74, 6) is 0.199. The summed E-state index contributed by atoms with van der Waals surface area (Å²) >= 11 is 0. The zero-order valence-electron chi connectivity index (χ0n) is 12.6. The average Bonchev–Trinajstić information content (AvgIpc) is 2.35. The molecule has 4 nitrogen and oxygen atoms in total. The van der Waals surface area contributed by atoms with E-state index in [2.05, 4.69) is 0 Å². The molecule has 0 aliphatic carbocycles. The molecule has 2 rings (SSSR count). The number of rotatable bonds is 3. The molecule has 1 amide bonds. The van der Waals surface area contributed by atoms with Crippen molar-refractivity contribution in [2.75, 3.05) is 18.8 Å². The number of morpholine rings is 1. The first-order valence-corrected chi connectivity index (χ1v) is 7.16. The van der Waals surface area contributed by atoms with Gasteiger partial charge in [0.1, 0.15) is 0 Å². The van der Waals surface area contributed by atoms with Crippen molar-refractivity contribution in [3.8, 4) is 0 Å². The number of aryl methyl sites for hydroxylation is 1. The molecule has 0 radical (unpaired) electrons. The summed E-state index contributed by atoms with van der Waals surface area (Å²) in [4.78, 5) is 14.2. The molecule has 0 bridgehead atoms. The second-order valence-corrected chi connectivity index (χ2v) is 6.20. The Bertz CT molecular complexity index is 468. The molecular weight excluding hydrogens is 252 g/mol. The molecule has 1 aromatic carbocycles. The van der Waals surface area contributed by atoms with Gasteiger partial charge in [-0.15, -0.1) is 0 Å². The maximum atomic E-state index is 12.3. The summed E-state index contributed by atoms with van der Waals surface area (Å²) in [6, 6.07) is 7.71. The minimum absolute atomic E-state index is 0.0965. The SMILES string of the molecule is CC1CN(C(=O)CCc2ccc(N)cc2)CC(C)(C)O1. The Kier molecular flexibility index (Phi) is 4.33. The maximum Gasteiger partial charge on any atom is 0.223 e. The van der Waals surface area contributed by atoms with Crippen molar-refractivity contribution < 1.29 is 9.53 Å². The first-order valence-electron chi connectivity index (χ1n) is 7.16. The fourth-order valence-electron chi connectivity index (χ4n) is 2.74. The second-order valence-electron chi connectivity index (χ2n) is 6.20. The number of benzene rings is 1. The van der Waals surface area contributed by atoms with E-state index < -0.39 is 0 Å². The summed E-state index contributed by atoms with van der Waals surface area (Å²) in [5.41, 5.74) is 7.30. The zero-order valence-corrected chi connectivity index (χ0v) is 12.6. The normalized spacial score (nSPS) is 21.8. The van der Waals surface area contributed by atoms with Crippen LogP contribution in [-0.2, 0) is 16.0 Å². The van der Waals surface area contributed by atoms with Gasteiger partial charge in [0.15, 0.2) is 0 Å². The van der Waals surface area contributed by atoms with Crippen molar-refractivity contribution in [2.24, 2.45) is 0 Å². The number of anilines is 1. The third-order valence-electron chi connectivity index (χ3n) is 3.53. The van der Waals surface area contributed by atoms with Crippen molar-refractivity contribution >= 4 is 11.6 Å². The molecule has 20 heavy (non-hydrogen) atoms. The first kappa shape index (κ1) is 14.9. The minimum atomic E-state index is -0.255. The van der Waals surface area contributed by atoms with Crippen LogP contribution in [0.4, 0.5) is 5.69 Å². The van der Waals surface area contributed by atoms with E-state index in [0.717, 1.165) is 17.7 Å². The first-order chi connectivity index (χ1) is 9.35. The van der Waals surface area contributed by atoms with Crippen LogP contribution in [0.15, 0.2) is 24.3 Å². The highest BCUT2D eigenvalue weighted by atomic mass is 16.5. The Hall–Kier alpha value is -1.55. The predicted octanol–water partition coefficient (Wildman–Crippen LogP) is 2.23. The largest absolute Gasteiger partial charge is 0.399 e. The van der Waals surface area contributed by atoms with Gasteiger partial charge < -0.3 is 15.4 Å². The van der Waals surface area contributed by atoms with E-state index in [0.29, 0.717) is 19.5 Å². The third-order valence-corrected chi connectivity index (χ3v) is 3.53. The van der Waals surface area contributed by atoms with Gasteiger partial charge in [0.05, 0.1) is 11.7 Å². The Morgan fingerprint density at radius 2 is 2.05 bits per heavy atom. The van der Waals surface area contributed by atoms with Crippen LogP contribution in [0.25, 0.3) is 0 Å². The third kappa shape index (κ3) is 3.97. The molecule has 0 saturated carbocycles. The number of hydrogen-bond acceptors (Lipinski definition) is 3. The van der Waals surface area contributed by atoms with Gasteiger partial charge in [0, 0.05) is 25.2 Å². The molecule has 0 aromatic heterocycles. The lowest BCUT2D eigenvalue weighted by Crippen LogP contribution is -2.53. The van der Waals surface area contributed by atoms with Gasteiger partial charge in [-0.25, -0.2) is 0 Å². The van der Waals surface area contributed by atoms with Gasteiger partial charge in [0.2, 0.25) is 5.91 Å². The highest BCUT2D eigenvalue weighted by molar-refractivity contribution is 5.76. The number of carbonyl (C=O) groups excluding carboxylic acids is 1. The lowest BCUT2D eigenvalue weighted by molar-refractivity contribution is -0.158. The molecule has 1 aliphatic heterocycles. The van der Waals surface area contributed by atoms with E-state index in [-0.39, 0.29) is 17.6 Å². The van der Waals surface area contributed by atoms with Gasteiger partial charge in [-0.05, 0) is 44.9 Å². The van der Waals surface area contributed by atoms with E-state index in [9.17, 15) is 4.79 Å². The standard InChI is InChI=1S/C16H24N2O2/c1-12-10-18(11-16(2,3)20-12)15(19)9-6-13-4-7-14(17)8-5-13/h4-5,7-8,12H,6,9-11,17H2,1-3H3. The summed E-state index contributed by atoms with van der Waals surface area (Å²) in [7, 11) is 0. The van der Waals surface area contributed by atoms with Crippen LogP contribution >= 0.6 is 0 Å². The number of hydrogen-bond donors (Lipinski definition) is 1. The van der Waals surface area contributed by atoms with Crippen molar-refractivity contribution in [3.05, 3.63) is 29.8 Å². The van der Waals surface area contributed by atoms with Gasteiger partial charge >= 0.3 is 0 Å². The quantitative estimate of drug-likeness (QED) is 0.861. The monoisotopic (exact) mass is 276 g/mol. The smallest absolute Gasteiger partial charge is 0.223 e. The molecule has 1 fully saturated rings. The summed E-state index contributed by atoms with van der Waals surface area (Å²) in [6.45, 7) is 7.43. The molecular formula is C16H24N2O2. The van der Waals surface area contributed by atoms with E-state index in [1.54, 1.807) is 0 Å². The zero-order chi connectivity index (χ0) is 14.8. The Labute approximate surface area is 120 Å². The number of nitrogens with zero attached hydrogens (tertiary/aromatic N) is 1. The molecule has 2 N–H and O–H groups in total. The van der Waals surface area contributed by atoms with Crippen LogP contribution in [0.5, 0.6) is 0 Å². The fourth-order valence-corrected chi connectivity index (χ4v) is 2.74. The summed E-state index contributed by atoms with van der Waals surface area (Å²) in [6.07, 6.45) is 1.39. The molecule has 4 heteroatoms. The van der Waals surface area contributed by atoms with Crippen molar-refractivity contribution in [3.63, 3.8) is 0 Å². The molecule has 1 aliphatic rings. The maximum absolute atomic E-state index is 12.3. The summed E-state index contributed by atoms with van der Waals surface area (Å²) < 4.78 is 5.82. The number of nitrogen functional groups attached to an aromatic ring is 1. The highest BCUT2D eigenvalue weighted by Gasteiger charge is 2.33. The molecule has 0 spiro atoms. The van der Waals surface area contributed by atoms with E-state index in [1.807, 2.05) is 49.9 Å². The number of nitrogens with two attached hydrogens (primary N) is 1. The average molecular weight is 276 g/mol. The highest BCUT2D eigenvalue weighted by Crippen LogP contribution is 2.21. The van der Waals surface area contributed by atoms with Crippen LogP contribution in [-0.4, -0.2) is 35.6 Å². The van der Waals surface area contributed by atoms with Crippen molar-refractivity contribution in [1.82, 2.24) is 4.90 Å². The molecule has 1 unspecified atom stereocenters. The van der Waals surface area contributed by atoms with Crippen LogP contribution in [0.2, 0.25) is 0 Å². The molecule has 1 saturated heterocycles. The van der Waals surface area contributed by atoms with Gasteiger partial charge in [-0.2, -0.15) is 0 Å². The lowest BCUT2D eigenvalue weighted by atomic mass is 10.0. The predicted molar refractivity (Wildman–Crippen MR) is 80.4 cm³/mol. The van der Waals surface area contributed by atoms with Gasteiger partial charge in [-0.1, -0.05) is 12.1 Å². The number of ether oxygens (including phenoxy) is 1. The number of amides is 1. The fraction of sp³-hybridized carbons (Fsp3) is 0.562. The van der Waals surface area contributed by atoms with Crippen molar-refractivity contribution in [2.45, 2.75) is 45.3 Å². The molecule has 1 heterocycles. The lowest BCUT2D eigenvalue weighted by Gasteiger charge is -2.41. The minimum Gasteiger partial charge on any atom is -0.399 e. The van der Waals surface area contributed by atoms with E-state index >= 15 is 0 Å². The Morgan fingerprint density at radius 3 is 2.65 bits per heavy atom. The topological polar surface area (TPSA) is 55.6 Å². The van der Waals surface area contributed by atoms with E-state index in [4.69, 9.17) is 10.5 Å². The van der Waals surface area contributed by atoms with Crippen molar-refractivity contribution in [1.29, 1.82) is 0 Å². The van der Waals surface area contributed by atoms with Crippen LogP contribution in [0.1, 0.15) is 32.8 Å². The number of carbonyl (C=O) groups is 1. The molecule has 1 atom stereocenters. The van der Waals surface area contributed by atoms with Crippen LogP contribution < -0.4 is 5.73 Å². The van der Waals surface area contributed by atoms with Crippen LogP contribution in [0.3, 0.4) is 0 Å². The summed E-state index contributed by atoms with van der Waals surface area (Å²) in [5, 5.41) is 0. The van der Waals surface area contributed by atoms with Gasteiger partial charge in [0.25, 0.3) is 0 Å².